The van der Waals surface area contributed by atoms with Crippen molar-refractivity contribution in [2.75, 3.05) is 19.8 Å². The fourth-order valence-corrected chi connectivity index (χ4v) is 2.60. The number of hydrogen-bond acceptors (Lipinski definition) is 3. The normalized spacial score (nSPS) is 20.1. The van der Waals surface area contributed by atoms with Crippen molar-refractivity contribution in [2.24, 2.45) is 5.92 Å². The molecule has 0 radical (unpaired) electrons. The summed E-state index contributed by atoms with van der Waals surface area (Å²) in [7, 11) is 0. The lowest BCUT2D eigenvalue weighted by atomic mass is 9.91. The monoisotopic (exact) mass is 234 g/mol. The van der Waals surface area contributed by atoms with E-state index in [9.17, 15) is 0 Å². The molecule has 1 saturated carbocycles. The Morgan fingerprint density at radius 3 is 2.65 bits per heavy atom. The van der Waals surface area contributed by atoms with Gasteiger partial charge in [0.15, 0.2) is 11.5 Å². The summed E-state index contributed by atoms with van der Waals surface area (Å²) in [6, 6.07) is 6.20. The number of rotatable bonds is 4. The zero-order valence-corrected chi connectivity index (χ0v) is 9.89. The van der Waals surface area contributed by atoms with E-state index in [4.69, 9.17) is 14.6 Å². The van der Waals surface area contributed by atoms with E-state index in [1.807, 2.05) is 6.07 Å². The fourth-order valence-electron chi connectivity index (χ4n) is 2.60. The van der Waals surface area contributed by atoms with E-state index in [0.29, 0.717) is 19.1 Å². The van der Waals surface area contributed by atoms with Crippen molar-refractivity contribution in [3.05, 3.63) is 23.8 Å². The highest BCUT2D eigenvalue weighted by molar-refractivity contribution is 5.45. The first kappa shape index (κ1) is 10.9. The SMILES string of the molecule is OCCC(c1ccc2c(c1)OCCO2)C1CC1. The molecule has 1 heterocycles. The molecular weight excluding hydrogens is 216 g/mol. The molecule has 1 atom stereocenters. The minimum absolute atomic E-state index is 0.260. The zero-order valence-electron chi connectivity index (χ0n) is 9.89. The van der Waals surface area contributed by atoms with Gasteiger partial charge < -0.3 is 14.6 Å². The van der Waals surface area contributed by atoms with E-state index in [2.05, 4.69) is 12.1 Å². The molecule has 3 nitrogen and oxygen atoms in total. The Bertz CT molecular complexity index is 398. The van der Waals surface area contributed by atoms with Gasteiger partial charge in [0, 0.05) is 6.61 Å². The van der Waals surface area contributed by atoms with Gasteiger partial charge in [-0.05, 0) is 48.8 Å². The summed E-state index contributed by atoms with van der Waals surface area (Å²) in [4.78, 5) is 0. The van der Waals surface area contributed by atoms with E-state index in [1.54, 1.807) is 0 Å². The predicted molar refractivity (Wildman–Crippen MR) is 64.6 cm³/mol. The summed E-state index contributed by atoms with van der Waals surface area (Å²) in [5, 5.41) is 9.16. The van der Waals surface area contributed by atoms with Crippen LogP contribution in [0.2, 0.25) is 0 Å². The van der Waals surface area contributed by atoms with Gasteiger partial charge in [-0.3, -0.25) is 0 Å². The van der Waals surface area contributed by atoms with Crippen LogP contribution in [0, 0.1) is 5.92 Å². The van der Waals surface area contributed by atoms with E-state index < -0.39 is 0 Å². The van der Waals surface area contributed by atoms with Crippen LogP contribution in [0.1, 0.15) is 30.7 Å². The largest absolute Gasteiger partial charge is 0.486 e. The molecule has 0 spiro atoms. The van der Waals surface area contributed by atoms with Crippen LogP contribution in [-0.2, 0) is 0 Å². The van der Waals surface area contributed by atoms with Crippen molar-refractivity contribution in [2.45, 2.75) is 25.2 Å². The molecule has 17 heavy (non-hydrogen) atoms. The van der Waals surface area contributed by atoms with Crippen molar-refractivity contribution in [3.63, 3.8) is 0 Å². The molecule has 0 amide bonds. The summed E-state index contributed by atoms with van der Waals surface area (Å²) >= 11 is 0. The summed E-state index contributed by atoms with van der Waals surface area (Å²) in [6.45, 7) is 1.52. The van der Waals surface area contributed by atoms with E-state index in [-0.39, 0.29) is 6.61 Å². The van der Waals surface area contributed by atoms with Gasteiger partial charge in [-0.15, -0.1) is 0 Å². The Morgan fingerprint density at radius 1 is 1.18 bits per heavy atom. The molecule has 92 valence electrons. The second kappa shape index (κ2) is 4.57. The third-order valence-electron chi connectivity index (χ3n) is 3.63. The van der Waals surface area contributed by atoms with Gasteiger partial charge in [-0.2, -0.15) is 0 Å². The number of benzene rings is 1. The van der Waals surface area contributed by atoms with Gasteiger partial charge >= 0.3 is 0 Å². The topological polar surface area (TPSA) is 38.7 Å². The predicted octanol–water partition coefficient (Wildman–Crippen LogP) is 2.33. The molecule has 0 aromatic heterocycles. The Balaban J connectivity index is 1.85. The molecule has 1 fully saturated rings. The standard InChI is InChI=1S/C14H18O3/c15-6-5-12(10-1-2-10)11-3-4-13-14(9-11)17-8-7-16-13/h3-4,9-10,12,15H,1-2,5-8H2. The van der Waals surface area contributed by atoms with Gasteiger partial charge in [-0.1, -0.05) is 6.07 Å². The number of ether oxygens (including phenoxy) is 2. The molecule has 1 unspecified atom stereocenters. The van der Waals surface area contributed by atoms with Gasteiger partial charge in [-0.25, -0.2) is 0 Å². The van der Waals surface area contributed by atoms with Crippen molar-refractivity contribution in [3.8, 4) is 11.5 Å². The van der Waals surface area contributed by atoms with Crippen LogP contribution >= 0.6 is 0 Å². The first-order valence-electron chi connectivity index (χ1n) is 6.39. The molecule has 2 aliphatic rings. The molecule has 0 bridgehead atoms. The second-order valence-corrected chi connectivity index (χ2v) is 4.86. The highest BCUT2D eigenvalue weighted by Crippen LogP contribution is 2.46. The second-order valence-electron chi connectivity index (χ2n) is 4.86. The Morgan fingerprint density at radius 2 is 1.94 bits per heavy atom. The summed E-state index contributed by atoms with van der Waals surface area (Å²) in [5.74, 6) is 2.94. The zero-order chi connectivity index (χ0) is 11.7. The Kier molecular flexibility index (Phi) is 2.93. The molecule has 3 rings (SSSR count). The van der Waals surface area contributed by atoms with E-state index >= 15 is 0 Å². The smallest absolute Gasteiger partial charge is 0.161 e. The number of hydrogen-bond donors (Lipinski definition) is 1. The summed E-state index contributed by atoms with van der Waals surface area (Å²) in [6.07, 6.45) is 3.43. The van der Waals surface area contributed by atoms with Crippen LogP contribution in [0.25, 0.3) is 0 Å². The number of aliphatic hydroxyl groups is 1. The summed E-state index contributed by atoms with van der Waals surface area (Å²) < 4.78 is 11.1. The minimum atomic E-state index is 0.260. The maximum absolute atomic E-state index is 9.16. The average Bonchev–Trinajstić information content (AvgIpc) is 3.20. The van der Waals surface area contributed by atoms with Crippen molar-refractivity contribution < 1.29 is 14.6 Å². The number of aliphatic hydroxyl groups excluding tert-OH is 1. The van der Waals surface area contributed by atoms with Crippen LogP contribution in [0.5, 0.6) is 11.5 Å². The van der Waals surface area contributed by atoms with E-state index in [0.717, 1.165) is 23.8 Å². The van der Waals surface area contributed by atoms with Crippen LogP contribution in [0.15, 0.2) is 18.2 Å². The van der Waals surface area contributed by atoms with Gasteiger partial charge in [0.2, 0.25) is 0 Å². The fraction of sp³-hybridized carbons (Fsp3) is 0.571. The molecular formula is C14H18O3. The third kappa shape index (κ3) is 2.25. The molecule has 1 N–H and O–H groups in total. The highest BCUT2D eigenvalue weighted by Gasteiger charge is 2.32. The maximum atomic E-state index is 9.16. The molecule has 1 aromatic rings. The van der Waals surface area contributed by atoms with Crippen molar-refractivity contribution in [1.82, 2.24) is 0 Å². The van der Waals surface area contributed by atoms with Crippen LogP contribution in [0.3, 0.4) is 0 Å². The van der Waals surface area contributed by atoms with Gasteiger partial charge in [0.25, 0.3) is 0 Å². The molecule has 3 heteroatoms. The Labute approximate surface area is 101 Å². The van der Waals surface area contributed by atoms with Gasteiger partial charge in [0.1, 0.15) is 13.2 Å². The average molecular weight is 234 g/mol. The number of fused-ring (bicyclic) bond motifs is 1. The molecule has 1 aromatic carbocycles. The molecule has 0 saturated heterocycles. The quantitative estimate of drug-likeness (QED) is 0.869. The first-order chi connectivity index (χ1) is 8.38. The lowest BCUT2D eigenvalue weighted by molar-refractivity contribution is 0.171. The van der Waals surface area contributed by atoms with Crippen molar-refractivity contribution in [1.29, 1.82) is 0 Å². The third-order valence-corrected chi connectivity index (χ3v) is 3.63. The lowest BCUT2D eigenvalue weighted by Crippen LogP contribution is -2.16. The Hall–Kier alpha value is -1.22. The maximum Gasteiger partial charge on any atom is 0.161 e. The lowest BCUT2D eigenvalue weighted by Gasteiger charge is -2.21. The summed E-state index contributed by atoms with van der Waals surface area (Å²) in [5.41, 5.74) is 1.28. The van der Waals surface area contributed by atoms with E-state index in [1.165, 1.54) is 18.4 Å². The van der Waals surface area contributed by atoms with Crippen LogP contribution < -0.4 is 9.47 Å². The van der Waals surface area contributed by atoms with Crippen LogP contribution in [0.4, 0.5) is 0 Å². The van der Waals surface area contributed by atoms with Gasteiger partial charge in [0.05, 0.1) is 0 Å². The molecule has 1 aliphatic carbocycles. The van der Waals surface area contributed by atoms with Crippen molar-refractivity contribution >= 4 is 0 Å². The van der Waals surface area contributed by atoms with Crippen LogP contribution in [-0.4, -0.2) is 24.9 Å². The minimum Gasteiger partial charge on any atom is -0.486 e. The highest BCUT2D eigenvalue weighted by atomic mass is 16.6. The molecule has 1 aliphatic heterocycles. The first-order valence-corrected chi connectivity index (χ1v) is 6.39.